The minimum Gasteiger partial charge on any atom is -0.395 e. The number of nitrogens with two attached hydrogens (primary N) is 1. The average molecular weight is 196 g/mol. The molecule has 0 saturated heterocycles. The summed E-state index contributed by atoms with van der Waals surface area (Å²) in [6.07, 6.45) is 0. The van der Waals surface area contributed by atoms with E-state index in [1.807, 2.05) is 28.8 Å². The van der Waals surface area contributed by atoms with Gasteiger partial charge in [0.15, 0.2) is 5.82 Å². The minimum atomic E-state index is 0.508. The van der Waals surface area contributed by atoms with E-state index in [1.54, 1.807) is 0 Å². The van der Waals surface area contributed by atoms with Crippen LogP contribution in [-0.2, 0) is 6.54 Å². The Balaban J connectivity index is 2.34. The molecule has 0 unspecified atom stereocenters. The topological polar surface area (TPSA) is 67.6 Å². The first-order chi connectivity index (χ1) is 7.31. The number of nitriles is 1. The van der Waals surface area contributed by atoms with E-state index in [-0.39, 0.29) is 0 Å². The van der Waals surface area contributed by atoms with E-state index < -0.39 is 0 Å². The third kappa shape index (κ3) is 0.919. The van der Waals surface area contributed by atoms with Gasteiger partial charge in [-0.2, -0.15) is 5.26 Å². The van der Waals surface area contributed by atoms with Crippen molar-refractivity contribution in [3.05, 3.63) is 35.7 Å². The molecular formula is C11H8N4. The highest BCUT2D eigenvalue weighted by Crippen LogP contribution is 2.27. The second-order valence-corrected chi connectivity index (χ2v) is 3.51. The number of hydrogen-bond donors (Lipinski definition) is 1. The largest absolute Gasteiger partial charge is 0.395 e. The number of rotatable bonds is 0. The van der Waals surface area contributed by atoms with Crippen LogP contribution in [0.4, 0.5) is 0 Å². The van der Waals surface area contributed by atoms with Gasteiger partial charge in [-0.15, -0.1) is 0 Å². The van der Waals surface area contributed by atoms with Crippen molar-refractivity contribution >= 4 is 16.7 Å². The Morgan fingerprint density at radius 3 is 3.00 bits per heavy atom. The minimum absolute atomic E-state index is 0.508. The number of imidazole rings is 1. The van der Waals surface area contributed by atoms with Crippen molar-refractivity contribution in [1.29, 1.82) is 5.26 Å². The van der Waals surface area contributed by atoms with Gasteiger partial charge in [0.1, 0.15) is 0 Å². The van der Waals surface area contributed by atoms with Gasteiger partial charge in [0.2, 0.25) is 0 Å². The lowest BCUT2D eigenvalue weighted by Crippen LogP contribution is -1.97. The molecule has 1 aromatic heterocycles. The first kappa shape index (κ1) is 8.06. The van der Waals surface area contributed by atoms with Crippen LogP contribution in [0.3, 0.4) is 0 Å². The molecule has 0 radical (unpaired) electrons. The zero-order valence-corrected chi connectivity index (χ0v) is 7.94. The summed E-state index contributed by atoms with van der Waals surface area (Å²) in [6, 6.07) is 9.93. The summed E-state index contributed by atoms with van der Waals surface area (Å²) in [6.45, 7) is 0.540. The number of fused-ring (bicyclic) bond motifs is 3. The molecule has 1 aliphatic rings. The van der Waals surface area contributed by atoms with Gasteiger partial charge >= 0.3 is 0 Å². The van der Waals surface area contributed by atoms with Crippen LogP contribution in [0.5, 0.6) is 0 Å². The van der Waals surface area contributed by atoms with Crippen LogP contribution < -0.4 is 5.73 Å². The number of hydrogen-bond acceptors (Lipinski definition) is 3. The lowest BCUT2D eigenvalue weighted by atomic mass is 10.2. The van der Waals surface area contributed by atoms with E-state index in [1.165, 1.54) is 0 Å². The Morgan fingerprint density at radius 2 is 2.20 bits per heavy atom. The third-order valence-electron chi connectivity index (χ3n) is 2.67. The van der Waals surface area contributed by atoms with Crippen molar-refractivity contribution in [2.75, 3.05) is 0 Å². The van der Waals surface area contributed by atoms with Crippen molar-refractivity contribution in [1.82, 2.24) is 9.55 Å². The number of benzene rings is 1. The van der Waals surface area contributed by atoms with Gasteiger partial charge in [0, 0.05) is 0 Å². The average Bonchev–Trinajstić information content (AvgIpc) is 2.76. The molecular weight excluding hydrogens is 188 g/mol. The molecule has 2 heterocycles. The smallest absolute Gasteiger partial charge is 0.158 e. The van der Waals surface area contributed by atoms with Crippen molar-refractivity contribution < 1.29 is 0 Å². The van der Waals surface area contributed by atoms with Crippen LogP contribution >= 0.6 is 0 Å². The van der Waals surface area contributed by atoms with Gasteiger partial charge in [-0.25, -0.2) is 4.98 Å². The Morgan fingerprint density at radius 1 is 1.40 bits per heavy atom. The fourth-order valence-corrected chi connectivity index (χ4v) is 1.91. The van der Waals surface area contributed by atoms with Gasteiger partial charge in [-0.3, -0.25) is 0 Å². The second-order valence-electron chi connectivity index (χ2n) is 3.51. The summed E-state index contributed by atoms with van der Waals surface area (Å²) in [4.78, 5) is 4.40. The molecule has 0 spiro atoms. The highest BCUT2D eigenvalue weighted by atomic mass is 15.1. The SMILES string of the molecule is N#CC1=C(N)c2nc3ccccc3n2C1. The molecule has 4 nitrogen and oxygen atoms in total. The number of nitrogens with zero attached hydrogens (tertiary/aromatic N) is 3. The lowest BCUT2D eigenvalue weighted by molar-refractivity contribution is 0.849. The Labute approximate surface area is 86.2 Å². The summed E-state index contributed by atoms with van der Waals surface area (Å²) < 4.78 is 1.98. The molecule has 0 amide bonds. The zero-order chi connectivity index (χ0) is 10.4. The van der Waals surface area contributed by atoms with E-state index in [2.05, 4.69) is 11.1 Å². The normalized spacial score (nSPS) is 14.3. The molecule has 0 saturated carbocycles. The second kappa shape index (κ2) is 2.61. The number of aromatic nitrogens is 2. The van der Waals surface area contributed by atoms with Gasteiger partial charge < -0.3 is 10.3 Å². The van der Waals surface area contributed by atoms with Crippen LogP contribution in [0, 0.1) is 11.3 Å². The number of allylic oxidation sites excluding steroid dienone is 1. The molecule has 0 aliphatic carbocycles. The maximum Gasteiger partial charge on any atom is 0.158 e. The van der Waals surface area contributed by atoms with Crippen LogP contribution in [0.2, 0.25) is 0 Å². The maximum absolute atomic E-state index is 8.87. The molecule has 3 rings (SSSR count). The molecule has 72 valence electrons. The fourth-order valence-electron chi connectivity index (χ4n) is 1.91. The zero-order valence-electron chi connectivity index (χ0n) is 7.94. The Bertz CT molecular complexity index is 628. The van der Waals surface area contributed by atoms with E-state index in [4.69, 9.17) is 11.0 Å². The van der Waals surface area contributed by atoms with Crippen LogP contribution in [0.25, 0.3) is 16.7 Å². The molecule has 0 fully saturated rings. The van der Waals surface area contributed by atoms with E-state index in [0.29, 0.717) is 23.6 Å². The van der Waals surface area contributed by atoms with E-state index in [9.17, 15) is 0 Å². The van der Waals surface area contributed by atoms with Crippen molar-refractivity contribution in [3.63, 3.8) is 0 Å². The fraction of sp³-hybridized carbons (Fsp3) is 0.0909. The van der Waals surface area contributed by atoms with Gasteiger partial charge in [0.25, 0.3) is 0 Å². The molecule has 1 aliphatic heterocycles. The summed E-state index contributed by atoms with van der Waals surface area (Å²) in [5.41, 5.74) is 8.90. The molecule has 0 bridgehead atoms. The predicted molar refractivity (Wildman–Crippen MR) is 56.5 cm³/mol. The van der Waals surface area contributed by atoms with Crippen LogP contribution in [0.15, 0.2) is 29.8 Å². The van der Waals surface area contributed by atoms with Crippen LogP contribution in [0.1, 0.15) is 5.82 Å². The molecule has 15 heavy (non-hydrogen) atoms. The highest BCUT2D eigenvalue weighted by Gasteiger charge is 2.22. The standard InChI is InChI=1S/C11H8N4/c12-5-7-6-15-9-4-2-1-3-8(9)14-11(15)10(7)13/h1-4H,6,13H2. The monoisotopic (exact) mass is 196 g/mol. The molecule has 2 aromatic rings. The molecule has 0 atom stereocenters. The van der Waals surface area contributed by atoms with Crippen molar-refractivity contribution in [2.45, 2.75) is 6.54 Å². The first-order valence-electron chi connectivity index (χ1n) is 4.65. The molecule has 2 N–H and O–H groups in total. The Kier molecular flexibility index (Phi) is 1.40. The predicted octanol–water partition coefficient (Wildman–Crippen LogP) is 1.24. The highest BCUT2D eigenvalue weighted by molar-refractivity contribution is 5.82. The third-order valence-corrected chi connectivity index (χ3v) is 2.67. The summed E-state index contributed by atoms with van der Waals surface area (Å²) in [7, 11) is 0. The summed E-state index contributed by atoms with van der Waals surface area (Å²) >= 11 is 0. The molecule has 4 heteroatoms. The summed E-state index contributed by atoms with van der Waals surface area (Å²) in [5.74, 6) is 0.716. The quantitative estimate of drug-likeness (QED) is 0.689. The first-order valence-corrected chi connectivity index (χ1v) is 4.65. The Hall–Kier alpha value is -2.28. The lowest BCUT2D eigenvalue weighted by Gasteiger charge is -1.97. The number of para-hydroxylation sites is 2. The summed E-state index contributed by atoms with van der Waals surface area (Å²) in [5, 5.41) is 8.87. The van der Waals surface area contributed by atoms with Crippen molar-refractivity contribution in [2.24, 2.45) is 5.73 Å². The van der Waals surface area contributed by atoms with Gasteiger partial charge in [-0.05, 0) is 12.1 Å². The maximum atomic E-state index is 8.87. The van der Waals surface area contributed by atoms with Gasteiger partial charge in [-0.1, -0.05) is 12.1 Å². The van der Waals surface area contributed by atoms with E-state index >= 15 is 0 Å². The van der Waals surface area contributed by atoms with Crippen molar-refractivity contribution in [3.8, 4) is 6.07 Å². The van der Waals surface area contributed by atoms with E-state index in [0.717, 1.165) is 11.0 Å². The van der Waals surface area contributed by atoms with Gasteiger partial charge in [0.05, 0.1) is 34.9 Å². The molecule has 1 aromatic carbocycles. The van der Waals surface area contributed by atoms with Crippen LogP contribution in [-0.4, -0.2) is 9.55 Å².